The fourth-order valence-corrected chi connectivity index (χ4v) is 2.39. The Labute approximate surface area is 120 Å². The molecule has 0 spiro atoms. The number of fused-ring (bicyclic) bond motifs is 1. The molecule has 0 saturated heterocycles. The molecule has 0 bridgehead atoms. The van der Waals surface area contributed by atoms with E-state index in [4.69, 9.17) is 4.74 Å². The standard InChI is InChI=1S/C16H24N2O2/c1-16(2,3)18-15(19)8-10-17-13-9-11-20-14-7-5-4-6-12(13)14/h4-7,13,17H,8-11H2,1-3H3,(H,18,19). The normalized spacial score (nSPS) is 18.1. The summed E-state index contributed by atoms with van der Waals surface area (Å²) in [7, 11) is 0. The number of carbonyl (C=O) groups is 1. The van der Waals surface area contributed by atoms with Crippen molar-refractivity contribution in [3.8, 4) is 5.75 Å². The van der Waals surface area contributed by atoms with Crippen LogP contribution in [0.3, 0.4) is 0 Å². The van der Waals surface area contributed by atoms with Crippen molar-refractivity contribution in [2.24, 2.45) is 0 Å². The van der Waals surface area contributed by atoms with E-state index in [1.54, 1.807) is 0 Å². The minimum atomic E-state index is -0.164. The highest BCUT2D eigenvalue weighted by atomic mass is 16.5. The van der Waals surface area contributed by atoms with Gasteiger partial charge in [0.2, 0.25) is 5.91 Å². The molecule has 1 unspecified atom stereocenters. The van der Waals surface area contributed by atoms with E-state index in [1.807, 2.05) is 39.0 Å². The Morgan fingerprint density at radius 2 is 2.10 bits per heavy atom. The molecule has 0 saturated carbocycles. The molecule has 4 nitrogen and oxygen atoms in total. The molecule has 0 aromatic heterocycles. The average molecular weight is 276 g/mol. The lowest BCUT2D eigenvalue weighted by molar-refractivity contribution is -0.122. The second kappa shape index (κ2) is 6.27. The van der Waals surface area contributed by atoms with Crippen LogP contribution in [0.15, 0.2) is 24.3 Å². The molecule has 1 amide bonds. The van der Waals surface area contributed by atoms with Gasteiger partial charge in [-0.15, -0.1) is 0 Å². The maximum absolute atomic E-state index is 11.8. The summed E-state index contributed by atoms with van der Waals surface area (Å²) in [5.41, 5.74) is 1.03. The molecule has 1 aromatic carbocycles. The molecule has 1 aliphatic heterocycles. The van der Waals surface area contributed by atoms with Gasteiger partial charge in [-0.3, -0.25) is 4.79 Å². The molecule has 4 heteroatoms. The number of amides is 1. The minimum Gasteiger partial charge on any atom is -0.493 e. The van der Waals surface area contributed by atoms with E-state index in [0.29, 0.717) is 13.0 Å². The van der Waals surface area contributed by atoms with Gasteiger partial charge in [0, 0.05) is 36.5 Å². The average Bonchev–Trinajstić information content (AvgIpc) is 2.37. The Kier molecular flexibility index (Phi) is 4.65. The maximum Gasteiger partial charge on any atom is 0.221 e. The van der Waals surface area contributed by atoms with Crippen LogP contribution < -0.4 is 15.4 Å². The Morgan fingerprint density at radius 1 is 1.35 bits per heavy atom. The summed E-state index contributed by atoms with van der Waals surface area (Å²) in [5.74, 6) is 1.04. The number of rotatable bonds is 4. The second-order valence-electron chi connectivity index (χ2n) is 6.23. The van der Waals surface area contributed by atoms with Gasteiger partial charge in [-0.05, 0) is 26.8 Å². The zero-order chi connectivity index (χ0) is 14.6. The number of ether oxygens (including phenoxy) is 1. The van der Waals surface area contributed by atoms with Gasteiger partial charge in [-0.25, -0.2) is 0 Å². The van der Waals surface area contributed by atoms with Gasteiger partial charge in [0.15, 0.2) is 0 Å². The first kappa shape index (κ1) is 14.9. The lowest BCUT2D eigenvalue weighted by Crippen LogP contribution is -2.41. The van der Waals surface area contributed by atoms with Crippen LogP contribution >= 0.6 is 0 Å². The van der Waals surface area contributed by atoms with Gasteiger partial charge in [0.05, 0.1) is 6.61 Å². The summed E-state index contributed by atoms with van der Waals surface area (Å²) in [6.45, 7) is 7.39. The van der Waals surface area contributed by atoms with Crippen molar-refractivity contribution < 1.29 is 9.53 Å². The number of benzene rings is 1. The van der Waals surface area contributed by atoms with E-state index < -0.39 is 0 Å². The van der Waals surface area contributed by atoms with E-state index in [9.17, 15) is 4.79 Å². The van der Waals surface area contributed by atoms with Crippen LogP contribution in [-0.4, -0.2) is 24.6 Å². The number of hydrogen-bond donors (Lipinski definition) is 2. The summed E-state index contributed by atoms with van der Waals surface area (Å²) in [4.78, 5) is 11.8. The van der Waals surface area contributed by atoms with Crippen LogP contribution in [0.4, 0.5) is 0 Å². The smallest absolute Gasteiger partial charge is 0.221 e. The fourth-order valence-electron chi connectivity index (χ4n) is 2.39. The lowest BCUT2D eigenvalue weighted by atomic mass is 10.0. The van der Waals surface area contributed by atoms with Crippen LogP contribution in [0.25, 0.3) is 0 Å². The third kappa shape index (κ3) is 4.23. The molecule has 0 fully saturated rings. The molecule has 1 heterocycles. The molecule has 0 radical (unpaired) electrons. The molecule has 2 N–H and O–H groups in total. The zero-order valence-electron chi connectivity index (χ0n) is 12.5. The number of hydrogen-bond acceptors (Lipinski definition) is 3. The predicted octanol–water partition coefficient (Wildman–Crippen LogP) is 2.40. The molecule has 110 valence electrons. The van der Waals surface area contributed by atoms with Crippen LogP contribution in [0.1, 0.15) is 45.2 Å². The summed E-state index contributed by atoms with van der Waals surface area (Å²) in [5, 5.41) is 6.43. The Balaban J connectivity index is 1.82. The minimum absolute atomic E-state index is 0.0883. The molecule has 20 heavy (non-hydrogen) atoms. The van der Waals surface area contributed by atoms with Crippen molar-refractivity contribution in [3.63, 3.8) is 0 Å². The summed E-state index contributed by atoms with van der Waals surface area (Å²) in [6, 6.07) is 8.37. The SMILES string of the molecule is CC(C)(C)NC(=O)CCNC1CCOc2ccccc21. The first-order valence-electron chi connectivity index (χ1n) is 7.22. The van der Waals surface area contributed by atoms with E-state index in [-0.39, 0.29) is 17.5 Å². The van der Waals surface area contributed by atoms with Gasteiger partial charge in [0.25, 0.3) is 0 Å². The van der Waals surface area contributed by atoms with Crippen molar-refractivity contribution in [1.29, 1.82) is 0 Å². The number of carbonyl (C=O) groups excluding carboxylic acids is 1. The fraction of sp³-hybridized carbons (Fsp3) is 0.562. The quantitative estimate of drug-likeness (QED) is 0.888. The molecular formula is C16H24N2O2. The lowest BCUT2D eigenvalue weighted by Gasteiger charge is -2.27. The third-order valence-corrected chi connectivity index (χ3v) is 3.22. The first-order chi connectivity index (χ1) is 9.46. The van der Waals surface area contributed by atoms with Crippen LogP contribution in [0.5, 0.6) is 5.75 Å². The predicted molar refractivity (Wildman–Crippen MR) is 79.8 cm³/mol. The summed E-state index contributed by atoms with van der Waals surface area (Å²) >= 11 is 0. The molecular weight excluding hydrogens is 252 g/mol. The van der Waals surface area contributed by atoms with E-state index >= 15 is 0 Å². The molecule has 1 aromatic rings. The Bertz CT molecular complexity index is 466. The summed E-state index contributed by atoms with van der Waals surface area (Å²) < 4.78 is 5.63. The largest absolute Gasteiger partial charge is 0.493 e. The Morgan fingerprint density at radius 3 is 2.85 bits per heavy atom. The van der Waals surface area contributed by atoms with Crippen LogP contribution in [0, 0.1) is 0 Å². The van der Waals surface area contributed by atoms with Gasteiger partial charge < -0.3 is 15.4 Å². The first-order valence-corrected chi connectivity index (χ1v) is 7.22. The topological polar surface area (TPSA) is 50.4 Å². The van der Waals surface area contributed by atoms with Crippen molar-refractivity contribution >= 4 is 5.91 Å². The molecule has 1 aliphatic rings. The second-order valence-corrected chi connectivity index (χ2v) is 6.23. The maximum atomic E-state index is 11.8. The molecule has 0 aliphatic carbocycles. The van der Waals surface area contributed by atoms with Crippen molar-refractivity contribution in [2.45, 2.75) is 45.2 Å². The monoisotopic (exact) mass is 276 g/mol. The van der Waals surface area contributed by atoms with Crippen LogP contribution in [-0.2, 0) is 4.79 Å². The molecule has 1 atom stereocenters. The van der Waals surface area contributed by atoms with Gasteiger partial charge in [-0.1, -0.05) is 18.2 Å². The van der Waals surface area contributed by atoms with Gasteiger partial charge >= 0.3 is 0 Å². The summed E-state index contributed by atoms with van der Waals surface area (Å²) in [6.07, 6.45) is 1.44. The van der Waals surface area contributed by atoms with Gasteiger partial charge in [-0.2, -0.15) is 0 Å². The number of para-hydroxylation sites is 1. The Hall–Kier alpha value is -1.55. The molecule has 2 rings (SSSR count). The van der Waals surface area contributed by atoms with Gasteiger partial charge in [0.1, 0.15) is 5.75 Å². The van der Waals surface area contributed by atoms with Crippen LogP contribution in [0.2, 0.25) is 0 Å². The van der Waals surface area contributed by atoms with Crippen molar-refractivity contribution in [2.75, 3.05) is 13.2 Å². The van der Waals surface area contributed by atoms with Crippen molar-refractivity contribution in [3.05, 3.63) is 29.8 Å². The third-order valence-electron chi connectivity index (χ3n) is 3.22. The highest BCUT2D eigenvalue weighted by Crippen LogP contribution is 2.31. The van der Waals surface area contributed by atoms with E-state index in [0.717, 1.165) is 18.8 Å². The zero-order valence-corrected chi connectivity index (χ0v) is 12.5. The highest BCUT2D eigenvalue weighted by Gasteiger charge is 2.20. The van der Waals surface area contributed by atoms with E-state index in [2.05, 4.69) is 16.7 Å². The highest BCUT2D eigenvalue weighted by molar-refractivity contribution is 5.76. The van der Waals surface area contributed by atoms with E-state index in [1.165, 1.54) is 5.56 Å². The number of nitrogens with one attached hydrogen (secondary N) is 2. The van der Waals surface area contributed by atoms with Crippen molar-refractivity contribution in [1.82, 2.24) is 10.6 Å².